The van der Waals surface area contributed by atoms with Gasteiger partial charge in [0, 0.05) is 56.5 Å². The maximum absolute atomic E-state index is 14.9. The first-order chi connectivity index (χ1) is 46.6. The molecule has 23 N–H and O–H groups in total. The van der Waals surface area contributed by atoms with E-state index in [-0.39, 0.29) is 101 Å². The van der Waals surface area contributed by atoms with Crippen LogP contribution in [0.4, 0.5) is 0 Å². The van der Waals surface area contributed by atoms with Crippen molar-refractivity contribution in [3.05, 3.63) is 65.9 Å². The molecule has 1 fully saturated rings. The molecule has 2 heterocycles. The maximum atomic E-state index is 14.9. The number of aromatic nitrogens is 1. The largest absolute Gasteiger partial charge is 0.508 e. The maximum Gasteiger partial charge on any atom is 0.326 e. The first-order valence-corrected chi connectivity index (χ1v) is 34.1. The zero-order valence-electron chi connectivity index (χ0n) is 57.3. The number of likely N-dealkylation sites (tertiary alicyclic amines) is 1. The first kappa shape index (κ1) is 83.5. The Kier molecular flexibility index (Phi) is 35.6. The third kappa shape index (κ3) is 29.5. The molecule has 1 aliphatic heterocycles. The molecular formula is C65H101N17O16S. The molecule has 0 saturated carbocycles. The monoisotopic (exact) mass is 1410 g/mol. The summed E-state index contributed by atoms with van der Waals surface area (Å²) in [7, 11) is 0. The van der Waals surface area contributed by atoms with Gasteiger partial charge in [0.15, 0.2) is 11.9 Å². The second-order valence-corrected chi connectivity index (χ2v) is 26.1. The number of phenolic OH excluding ortho intramolecular Hbond substituents is 1. The number of phenols is 1. The molecule has 10 atom stereocenters. The molecule has 4 rings (SSSR count). The summed E-state index contributed by atoms with van der Waals surface area (Å²) in [5, 5.41) is 58.4. The van der Waals surface area contributed by atoms with E-state index in [1.165, 1.54) is 28.8 Å². The lowest BCUT2D eigenvalue weighted by molar-refractivity contribution is -0.143. The molecule has 1 saturated heterocycles. The van der Waals surface area contributed by atoms with Gasteiger partial charge in [0.1, 0.15) is 60.1 Å². The van der Waals surface area contributed by atoms with Crippen LogP contribution in [0.1, 0.15) is 124 Å². The molecule has 1 aliphatic rings. The second kappa shape index (κ2) is 42.2. The predicted molar refractivity (Wildman–Crippen MR) is 372 cm³/mol. The van der Waals surface area contributed by atoms with Crippen LogP contribution in [0.5, 0.6) is 5.75 Å². The van der Waals surface area contributed by atoms with Gasteiger partial charge in [-0.3, -0.25) is 62.7 Å². The Labute approximate surface area is 579 Å². The number of hydrogen-bond acceptors (Lipinski definition) is 17. The smallest absolute Gasteiger partial charge is 0.326 e. The number of nitrogens with two attached hydrogens (primary N) is 5. The van der Waals surface area contributed by atoms with Crippen molar-refractivity contribution < 1.29 is 78.0 Å². The third-order valence-electron chi connectivity index (χ3n) is 15.8. The Hall–Kier alpha value is -9.73. The average Bonchev–Trinajstić information content (AvgIpc) is 1.73. The number of carboxylic acid groups (broad SMARTS) is 3. The summed E-state index contributed by atoms with van der Waals surface area (Å²) >= 11 is 1.33. The number of benzene rings is 2. The van der Waals surface area contributed by atoms with Crippen LogP contribution < -0.4 is 71.2 Å². The third-order valence-corrected chi connectivity index (χ3v) is 16.4. The Morgan fingerprint density at radius 1 is 0.606 bits per heavy atom. The summed E-state index contributed by atoms with van der Waals surface area (Å²) in [5.41, 5.74) is 30.5. The minimum absolute atomic E-state index is 0.00465. The Morgan fingerprint density at radius 2 is 1.10 bits per heavy atom. The van der Waals surface area contributed by atoms with Crippen molar-refractivity contribution in [2.45, 2.75) is 186 Å². The topological polar surface area (TPSA) is 556 Å². The number of aromatic hydroxyl groups is 1. The lowest BCUT2D eigenvalue weighted by atomic mass is 9.98. The van der Waals surface area contributed by atoms with Gasteiger partial charge >= 0.3 is 11.9 Å². The fraction of sp³-hybridized carbons (Fsp3) is 0.569. The number of carbonyl (C=O) groups is 12. The van der Waals surface area contributed by atoms with E-state index in [4.69, 9.17) is 38.6 Å². The number of aliphatic carboxylic acids is 3. The number of guanidine groups is 2. The van der Waals surface area contributed by atoms with Crippen LogP contribution in [0.2, 0.25) is 0 Å². The number of rotatable bonds is 40. The van der Waals surface area contributed by atoms with Gasteiger partial charge in [0.05, 0.1) is 6.04 Å². The number of para-hydroxylation sites is 1. The van der Waals surface area contributed by atoms with Crippen LogP contribution in [0.15, 0.2) is 64.7 Å². The highest BCUT2D eigenvalue weighted by molar-refractivity contribution is 7.98. The zero-order valence-corrected chi connectivity index (χ0v) is 58.2. The Bertz CT molecular complexity index is 3280. The molecule has 548 valence electrons. The fourth-order valence-corrected chi connectivity index (χ4v) is 11.1. The predicted octanol–water partition coefficient (Wildman–Crippen LogP) is -0.886. The van der Waals surface area contributed by atoms with Crippen molar-refractivity contribution in [3.8, 4) is 5.75 Å². The highest BCUT2D eigenvalue weighted by Crippen LogP contribution is 2.23. The highest BCUT2D eigenvalue weighted by Gasteiger charge is 2.41. The summed E-state index contributed by atoms with van der Waals surface area (Å²) < 4.78 is 0. The van der Waals surface area contributed by atoms with E-state index < -0.39 is 156 Å². The number of H-pyrrole nitrogens is 1. The van der Waals surface area contributed by atoms with Gasteiger partial charge in [0.25, 0.3) is 5.97 Å². The zero-order chi connectivity index (χ0) is 74.2. The van der Waals surface area contributed by atoms with E-state index in [2.05, 4.69) is 57.5 Å². The second-order valence-electron chi connectivity index (χ2n) is 25.2. The highest BCUT2D eigenvalue weighted by atomic mass is 32.2. The van der Waals surface area contributed by atoms with E-state index in [9.17, 15) is 68.1 Å². The van der Waals surface area contributed by atoms with Gasteiger partial charge in [-0.15, -0.1) is 0 Å². The molecule has 0 bridgehead atoms. The quantitative estimate of drug-likeness (QED) is 0.0187. The molecule has 33 nitrogen and oxygen atoms in total. The summed E-state index contributed by atoms with van der Waals surface area (Å²) in [6, 6.07) is 0.312. The molecule has 1 aromatic heterocycles. The average molecular weight is 1410 g/mol. The standard InChI is InChI=1S/C63H97N17O14S.C2H4O2/c1-33(2)29-46(77-57(89)48-17-12-27-80(48)60(92)44(16-11-26-70-63(67)68)74-59(91)50(34(3)4)78-52(84)40(64)30-36-18-20-38(81)21-19-36)55(87)76-47(31-37-32-71-41-14-9-8-13-39(37)41)56(88)79-51(35(5)6)58(90)73-42(15-10-25-69-62(65)66)53(85)72-43(24-28-95-7)54(86)75-45(61(93)94)22-23-49(82)83;1-2(3)4/h8-9,13-14,18-21,32-35,40,42-48,50-51,71,81H,10-12,15-17,22-31,64H2,1-7H3,(H,72,85)(H,73,90)(H,74,91)(H,75,86)(H,76,87)(H,77,89)(H,78,84)(H,79,88)(H,82,83)(H,93,94)(H4,65,66,69)(H4,67,68,70);1H3,(H,3,4). The number of carbonyl (C=O) groups excluding carboxylic acids is 9. The normalized spacial score (nSPS) is 15.4. The Morgan fingerprint density at radius 3 is 1.64 bits per heavy atom. The molecule has 10 unspecified atom stereocenters. The molecule has 9 amide bonds. The lowest BCUT2D eigenvalue weighted by Crippen LogP contribution is -2.61. The lowest BCUT2D eigenvalue weighted by Gasteiger charge is -2.32. The van der Waals surface area contributed by atoms with E-state index in [1.54, 1.807) is 58.3 Å². The van der Waals surface area contributed by atoms with Gasteiger partial charge in [-0.05, 0) is 123 Å². The fourth-order valence-electron chi connectivity index (χ4n) is 10.7. The minimum atomic E-state index is -1.60. The molecular weight excluding hydrogens is 1310 g/mol. The van der Waals surface area contributed by atoms with Crippen LogP contribution in [0.25, 0.3) is 10.9 Å². The Balaban J connectivity index is 0.00000619. The molecule has 0 spiro atoms. The van der Waals surface area contributed by atoms with Crippen molar-refractivity contribution >= 4 is 106 Å². The number of amides is 9. The van der Waals surface area contributed by atoms with Crippen LogP contribution in [0, 0.1) is 17.8 Å². The van der Waals surface area contributed by atoms with Crippen LogP contribution >= 0.6 is 11.8 Å². The summed E-state index contributed by atoms with van der Waals surface area (Å²) in [4.78, 5) is 174. The van der Waals surface area contributed by atoms with Gasteiger partial charge in [0.2, 0.25) is 53.2 Å². The molecule has 99 heavy (non-hydrogen) atoms. The summed E-state index contributed by atoms with van der Waals surface area (Å²) in [6.45, 7) is 11.6. The number of nitrogens with zero attached hydrogens (tertiary/aromatic N) is 3. The van der Waals surface area contributed by atoms with Crippen molar-refractivity contribution in [2.24, 2.45) is 56.4 Å². The van der Waals surface area contributed by atoms with Crippen LogP contribution in [-0.2, 0) is 70.4 Å². The van der Waals surface area contributed by atoms with Crippen molar-refractivity contribution in [2.75, 3.05) is 31.6 Å². The number of carboxylic acids is 3. The van der Waals surface area contributed by atoms with E-state index in [0.717, 1.165) is 17.8 Å². The number of nitrogens with one attached hydrogen (secondary N) is 9. The SMILES string of the molecule is CC(=O)O.CSCCC(NC(=O)C(CCCN=C(N)N)NC(=O)C(NC(=O)C(Cc1c[nH]c2ccccc12)NC(=O)C(CC(C)C)NC(=O)C1CCCN1C(=O)C(CCCN=C(N)N)NC(=O)C(NC(=O)C(N)Cc1ccc(O)cc1)C(C)C)C(C)C)C(=O)NC(CCC(=O)O)C(=O)O. The van der Waals surface area contributed by atoms with Gasteiger partial charge in [-0.25, -0.2) is 4.79 Å². The minimum Gasteiger partial charge on any atom is -0.508 e. The molecule has 34 heteroatoms. The van der Waals surface area contributed by atoms with Crippen LogP contribution in [-0.4, -0.2) is 205 Å². The van der Waals surface area contributed by atoms with Crippen molar-refractivity contribution in [1.82, 2.24) is 52.4 Å². The number of aliphatic imine (C=N–C) groups is 2. The van der Waals surface area contributed by atoms with Gasteiger partial charge in [-0.2, -0.15) is 11.8 Å². The van der Waals surface area contributed by atoms with Crippen molar-refractivity contribution in [3.63, 3.8) is 0 Å². The first-order valence-electron chi connectivity index (χ1n) is 32.7. The van der Waals surface area contributed by atoms with Gasteiger partial charge in [-0.1, -0.05) is 71.9 Å². The van der Waals surface area contributed by atoms with Crippen LogP contribution in [0.3, 0.4) is 0 Å². The van der Waals surface area contributed by atoms with E-state index >= 15 is 0 Å². The number of fused-ring (bicyclic) bond motifs is 1. The van der Waals surface area contributed by atoms with E-state index in [0.29, 0.717) is 23.3 Å². The molecule has 2 aromatic carbocycles. The number of aromatic amines is 1. The molecule has 0 radical (unpaired) electrons. The molecule has 3 aromatic rings. The van der Waals surface area contributed by atoms with E-state index in [1.807, 2.05) is 32.0 Å². The summed E-state index contributed by atoms with van der Waals surface area (Å²) in [6.07, 6.45) is 3.20. The number of hydrogen-bond donors (Lipinski definition) is 18. The number of thioether (sulfide) groups is 1. The summed E-state index contributed by atoms with van der Waals surface area (Å²) in [5.74, 6) is -12.0. The van der Waals surface area contributed by atoms with Crippen molar-refractivity contribution in [1.29, 1.82) is 0 Å². The molecule has 0 aliphatic carbocycles. The van der Waals surface area contributed by atoms with Gasteiger partial charge < -0.3 is 102 Å².